The Kier molecular flexibility index (Phi) is 6.38. The van der Waals surface area contributed by atoms with Crippen molar-refractivity contribution in [3.63, 3.8) is 0 Å². The minimum atomic E-state index is -3.12. The van der Waals surface area contributed by atoms with Gasteiger partial charge in [0.1, 0.15) is 6.04 Å². The fourth-order valence-corrected chi connectivity index (χ4v) is 3.07. The minimum absolute atomic E-state index is 0.177. The van der Waals surface area contributed by atoms with E-state index in [0.717, 1.165) is 0 Å². The normalized spacial score (nSPS) is 20.1. The standard InChI is InChI=1S/C12H25N3O4S/c1-10(2)13-11(12(16)19-3)9-14-5-7-15(8-6-14)20(4,17)18/h10-11,13H,5-9H2,1-4H3. The van der Waals surface area contributed by atoms with E-state index in [-0.39, 0.29) is 18.1 Å². The molecule has 1 heterocycles. The predicted octanol–water partition coefficient (Wildman–Crippen LogP) is -0.897. The summed E-state index contributed by atoms with van der Waals surface area (Å²) in [6.45, 7) is 6.65. The van der Waals surface area contributed by atoms with Crippen molar-refractivity contribution in [2.75, 3.05) is 46.1 Å². The first-order valence-corrected chi connectivity index (χ1v) is 8.60. The number of piperazine rings is 1. The summed E-state index contributed by atoms with van der Waals surface area (Å²) in [5, 5.41) is 3.17. The van der Waals surface area contributed by atoms with E-state index in [1.165, 1.54) is 17.7 Å². The van der Waals surface area contributed by atoms with Crippen LogP contribution in [0.4, 0.5) is 0 Å². The lowest BCUT2D eigenvalue weighted by Crippen LogP contribution is -2.54. The van der Waals surface area contributed by atoms with E-state index in [1.54, 1.807) is 0 Å². The third kappa shape index (κ3) is 5.35. The van der Waals surface area contributed by atoms with Crippen LogP contribution in [-0.4, -0.2) is 81.8 Å². The van der Waals surface area contributed by atoms with Gasteiger partial charge in [-0.2, -0.15) is 4.31 Å². The maximum Gasteiger partial charge on any atom is 0.324 e. The molecule has 1 N–H and O–H groups in total. The summed E-state index contributed by atoms with van der Waals surface area (Å²) in [5.41, 5.74) is 0. The molecule has 1 aliphatic rings. The molecule has 1 rings (SSSR count). The summed E-state index contributed by atoms with van der Waals surface area (Å²) >= 11 is 0. The highest BCUT2D eigenvalue weighted by Crippen LogP contribution is 2.07. The van der Waals surface area contributed by atoms with Crippen molar-refractivity contribution in [1.29, 1.82) is 0 Å². The number of sulfonamides is 1. The van der Waals surface area contributed by atoms with E-state index in [4.69, 9.17) is 4.74 Å². The van der Waals surface area contributed by atoms with Gasteiger partial charge in [0.05, 0.1) is 13.4 Å². The highest BCUT2D eigenvalue weighted by atomic mass is 32.2. The average molecular weight is 307 g/mol. The lowest BCUT2D eigenvalue weighted by molar-refractivity contribution is -0.144. The first-order chi connectivity index (χ1) is 9.24. The van der Waals surface area contributed by atoms with Crippen LogP contribution in [0.5, 0.6) is 0 Å². The van der Waals surface area contributed by atoms with Crippen molar-refractivity contribution in [2.45, 2.75) is 25.9 Å². The van der Waals surface area contributed by atoms with Crippen molar-refractivity contribution in [3.8, 4) is 0 Å². The van der Waals surface area contributed by atoms with Gasteiger partial charge in [-0.3, -0.25) is 9.69 Å². The Morgan fingerprint density at radius 2 is 1.80 bits per heavy atom. The summed E-state index contributed by atoms with van der Waals surface area (Å²) in [7, 11) is -1.74. The fraction of sp³-hybridized carbons (Fsp3) is 0.917. The Morgan fingerprint density at radius 1 is 1.25 bits per heavy atom. The van der Waals surface area contributed by atoms with E-state index in [9.17, 15) is 13.2 Å². The largest absolute Gasteiger partial charge is 0.468 e. The highest BCUT2D eigenvalue weighted by molar-refractivity contribution is 7.88. The molecule has 0 aliphatic carbocycles. The molecule has 0 saturated carbocycles. The van der Waals surface area contributed by atoms with Crippen LogP contribution in [0.25, 0.3) is 0 Å². The van der Waals surface area contributed by atoms with Crippen LogP contribution in [0.15, 0.2) is 0 Å². The summed E-state index contributed by atoms with van der Waals surface area (Å²) < 4.78 is 29.1. The van der Waals surface area contributed by atoms with Gasteiger partial charge in [0.25, 0.3) is 0 Å². The number of esters is 1. The van der Waals surface area contributed by atoms with Gasteiger partial charge in [0.2, 0.25) is 10.0 Å². The molecule has 7 nitrogen and oxygen atoms in total. The monoisotopic (exact) mass is 307 g/mol. The smallest absolute Gasteiger partial charge is 0.324 e. The quantitative estimate of drug-likeness (QED) is 0.641. The first kappa shape index (κ1) is 17.4. The molecule has 1 unspecified atom stereocenters. The van der Waals surface area contributed by atoms with Crippen molar-refractivity contribution >= 4 is 16.0 Å². The van der Waals surface area contributed by atoms with E-state index in [2.05, 4.69) is 10.2 Å². The van der Waals surface area contributed by atoms with Gasteiger partial charge in [0, 0.05) is 38.8 Å². The molecule has 0 spiro atoms. The van der Waals surface area contributed by atoms with Crippen LogP contribution in [-0.2, 0) is 19.6 Å². The molecule has 1 aliphatic heterocycles. The number of carbonyl (C=O) groups is 1. The van der Waals surface area contributed by atoms with Crippen molar-refractivity contribution < 1.29 is 17.9 Å². The zero-order valence-corrected chi connectivity index (χ0v) is 13.4. The molecule has 118 valence electrons. The fourth-order valence-electron chi connectivity index (χ4n) is 2.24. The minimum Gasteiger partial charge on any atom is -0.468 e. The number of rotatable bonds is 6. The maximum atomic E-state index is 11.7. The third-order valence-electron chi connectivity index (χ3n) is 3.26. The predicted molar refractivity (Wildman–Crippen MR) is 76.9 cm³/mol. The Balaban J connectivity index is 2.53. The first-order valence-electron chi connectivity index (χ1n) is 6.75. The van der Waals surface area contributed by atoms with Crippen LogP contribution < -0.4 is 5.32 Å². The highest BCUT2D eigenvalue weighted by Gasteiger charge is 2.27. The molecule has 1 atom stereocenters. The van der Waals surface area contributed by atoms with Gasteiger partial charge in [-0.05, 0) is 0 Å². The van der Waals surface area contributed by atoms with E-state index in [0.29, 0.717) is 32.7 Å². The SMILES string of the molecule is COC(=O)C(CN1CCN(S(C)(=O)=O)CC1)NC(C)C. The maximum absolute atomic E-state index is 11.7. The molecule has 0 radical (unpaired) electrons. The lowest BCUT2D eigenvalue weighted by atomic mass is 10.2. The van der Waals surface area contributed by atoms with Crippen molar-refractivity contribution in [1.82, 2.24) is 14.5 Å². The number of hydrogen-bond acceptors (Lipinski definition) is 6. The van der Waals surface area contributed by atoms with E-state index in [1.807, 2.05) is 13.8 Å². The number of methoxy groups -OCH3 is 1. The van der Waals surface area contributed by atoms with Gasteiger partial charge >= 0.3 is 5.97 Å². The molecular weight excluding hydrogens is 282 g/mol. The number of nitrogens with zero attached hydrogens (tertiary/aromatic N) is 2. The second-order valence-corrected chi connectivity index (χ2v) is 7.34. The second kappa shape index (κ2) is 7.35. The molecule has 0 aromatic rings. The van der Waals surface area contributed by atoms with Crippen LogP contribution in [0, 0.1) is 0 Å². The third-order valence-corrected chi connectivity index (χ3v) is 4.56. The average Bonchev–Trinajstić information content (AvgIpc) is 2.36. The molecule has 0 amide bonds. The molecule has 0 bridgehead atoms. The Morgan fingerprint density at radius 3 is 2.20 bits per heavy atom. The van der Waals surface area contributed by atoms with Gasteiger partial charge in [-0.1, -0.05) is 13.8 Å². The molecule has 1 saturated heterocycles. The van der Waals surface area contributed by atoms with E-state index < -0.39 is 10.0 Å². The van der Waals surface area contributed by atoms with E-state index >= 15 is 0 Å². The number of ether oxygens (including phenoxy) is 1. The van der Waals surface area contributed by atoms with Crippen LogP contribution in [0.3, 0.4) is 0 Å². The van der Waals surface area contributed by atoms with Crippen LogP contribution in [0.2, 0.25) is 0 Å². The van der Waals surface area contributed by atoms with Crippen molar-refractivity contribution in [2.24, 2.45) is 0 Å². The molecule has 8 heteroatoms. The number of hydrogen-bond donors (Lipinski definition) is 1. The van der Waals surface area contributed by atoms with Gasteiger partial charge in [0.15, 0.2) is 0 Å². The summed E-state index contributed by atoms with van der Waals surface area (Å²) in [6, 6.07) is -0.207. The van der Waals surface area contributed by atoms with Crippen LogP contribution >= 0.6 is 0 Å². The lowest BCUT2D eigenvalue weighted by Gasteiger charge is -2.35. The second-order valence-electron chi connectivity index (χ2n) is 5.36. The zero-order chi connectivity index (χ0) is 15.3. The van der Waals surface area contributed by atoms with Gasteiger partial charge in [-0.25, -0.2) is 8.42 Å². The topological polar surface area (TPSA) is 79.0 Å². The molecular formula is C12H25N3O4S. The van der Waals surface area contributed by atoms with Gasteiger partial charge in [-0.15, -0.1) is 0 Å². The number of carbonyl (C=O) groups excluding carboxylic acids is 1. The molecule has 1 fully saturated rings. The molecule has 20 heavy (non-hydrogen) atoms. The van der Waals surface area contributed by atoms with Gasteiger partial charge < -0.3 is 10.1 Å². The van der Waals surface area contributed by atoms with Crippen LogP contribution in [0.1, 0.15) is 13.8 Å². The number of nitrogens with one attached hydrogen (secondary N) is 1. The Bertz CT molecular complexity index is 416. The Labute approximate surface area is 121 Å². The zero-order valence-electron chi connectivity index (χ0n) is 12.6. The Hall–Kier alpha value is -0.700. The summed E-state index contributed by atoms with van der Waals surface area (Å²) in [4.78, 5) is 13.8. The molecule has 0 aromatic heterocycles. The molecule has 0 aromatic carbocycles. The summed E-state index contributed by atoms with van der Waals surface area (Å²) in [5.74, 6) is -0.288. The van der Waals surface area contributed by atoms with Crippen molar-refractivity contribution in [3.05, 3.63) is 0 Å². The summed E-state index contributed by atoms with van der Waals surface area (Å²) in [6.07, 6.45) is 1.22.